The fraction of sp³-hybridized carbons (Fsp3) is 0.320. The molecule has 2 aromatic carbocycles. The maximum absolute atomic E-state index is 14.3. The summed E-state index contributed by atoms with van der Waals surface area (Å²) in [5, 5.41) is 4.52. The highest BCUT2D eigenvalue weighted by Gasteiger charge is 2.77. The third-order valence-corrected chi connectivity index (χ3v) is 6.66. The Balaban J connectivity index is 1.40. The van der Waals surface area contributed by atoms with Crippen LogP contribution >= 0.6 is 23.2 Å². The minimum atomic E-state index is -6.77. The molecule has 0 saturated carbocycles. The fourth-order valence-corrected chi connectivity index (χ4v) is 4.19. The molecule has 1 aliphatic carbocycles. The van der Waals surface area contributed by atoms with Crippen LogP contribution in [-0.4, -0.2) is 61.0 Å². The van der Waals surface area contributed by atoms with E-state index in [1.54, 1.807) is 0 Å². The number of nitrogens with zero attached hydrogens (tertiary/aromatic N) is 1. The normalized spacial score (nSPS) is 18.5. The van der Waals surface area contributed by atoms with Crippen molar-refractivity contribution in [3.05, 3.63) is 64.0 Å². The number of nitrogens with one attached hydrogen (secondary N) is 2. The number of amides is 3. The van der Waals surface area contributed by atoms with Gasteiger partial charge in [0.1, 0.15) is 17.3 Å². The van der Waals surface area contributed by atoms with Crippen LogP contribution in [0.2, 0.25) is 10.0 Å². The summed E-state index contributed by atoms with van der Waals surface area (Å²) in [6.45, 7) is -1.67. The van der Waals surface area contributed by atoms with Crippen LogP contribution in [0, 0.1) is 5.82 Å². The molecule has 2 atom stereocenters. The smallest absolute Gasteiger partial charge is 0.460 e. The van der Waals surface area contributed by atoms with Crippen LogP contribution < -0.4 is 25.0 Å². The van der Waals surface area contributed by atoms with Crippen LogP contribution in [0.5, 0.6) is 11.5 Å². The van der Waals surface area contributed by atoms with Gasteiger partial charge in [0, 0.05) is 23.2 Å². The standard InChI is InChI=1S/C25H17Cl2F8N3O5/c26-11-1-4-18-17(5-11)38(22(41)23(29,30)24(31,32)25(33,34)35)9-19(43-18)21(40)37-13-6-12(7-13)36-20(39)10-42-14-2-3-15(27)16(28)8-14/h1-6,8,13,19H,7,9-10H2,(H,36,39)(H,37,40). The number of benzene rings is 2. The van der Waals surface area contributed by atoms with Crippen molar-refractivity contribution in [2.24, 2.45) is 0 Å². The van der Waals surface area contributed by atoms with Crippen LogP contribution in [0.15, 0.2) is 48.2 Å². The van der Waals surface area contributed by atoms with E-state index < -0.39 is 78.3 Å². The Morgan fingerprint density at radius 3 is 2.33 bits per heavy atom. The Labute approximate surface area is 246 Å². The Kier molecular flexibility index (Phi) is 8.75. The molecule has 232 valence electrons. The quantitative estimate of drug-likeness (QED) is 0.387. The summed E-state index contributed by atoms with van der Waals surface area (Å²) in [5.74, 6) is -18.8. The maximum Gasteiger partial charge on any atom is 0.460 e. The summed E-state index contributed by atoms with van der Waals surface area (Å²) in [6, 6.07) is 5.77. The number of anilines is 1. The van der Waals surface area contributed by atoms with Crippen molar-refractivity contribution in [3.8, 4) is 11.5 Å². The first-order chi connectivity index (χ1) is 19.9. The van der Waals surface area contributed by atoms with Gasteiger partial charge in [0.25, 0.3) is 11.8 Å². The van der Waals surface area contributed by atoms with Gasteiger partial charge in [-0.25, -0.2) is 4.39 Å². The lowest BCUT2D eigenvalue weighted by Crippen LogP contribution is -2.63. The summed E-state index contributed by atoms with van der Waals surface area (Å²) in [5.41, 5.74) is -0.326. The minimum absolute atomic E-state index is 0.0357. The van der Waals surface area contributed by atoms with Gasteiger partial charge in [0.2, 0.25) is 0 Å². The van der Waals surface area contributed by atoms with E-state index >= 15 is 0 Å². The number of halogens is 10. The van der Waals surface area contributed by atoms with E-state index in [-0.39, 0.29) is 27.1 Å². The maximum atomic E-state index is 14.3. The van der Waals surface area contributed by atoms with E-state index in [0.717, 1.165) is 24.3 Å². The second kappa shape index (κ2) is 11.7. The van der Waals surface area contributed by atoms with Gasteiger partial charge in [0.05, 0.1) is 23.3 Å². The Bertz CT molecular complexity index is 1490. The molecule has 4 rings (SSSR count). The summed E-state index contributed by atoms with van der Waals surface area (Å²) < 4.78 is 118. The first kappa shape index (κ1) is 32.1. The number of alkyl halides is 7. The Morgan fingerprint density at radius 1 is 1.02 bits per heavy atom. The van der Waals surface area contributed by atoms with Gasteiger partial charge < -0.3 is 20.1 Å². The summed E-state index contributed by atoms with van der Waals surface area (Å²) in [7, 11) is 0. The number of hydrogen-bond donors (Lipinski definition) is 2. The van der Waals surface area contributed by atoms with E-state index in [2.05, 4.69) is 10.6 Å². The summed E-state index contributed by atoms with van der Waals surface area (Å²) in [4.78, 5) is 37.2. The van der Waals surface area contributed by atoms with Crippen molar-refractivity contribution in [2.45, 2.75) is 36.6 Å². The van der Waals surface area contributed by atoms with Crippen LogP contribution in [0.4, 0.5) is 40.8 Å². The van der Waals surface area contributed by atoms with E-state index in [0.29, 0.717) is 5.70 Å². The van der Waals surface area contributed by atoms with E-state index in [1.807, 2.05) is 0 Å². The van der Waals surface area contributed by atoms with Crippen molar-refractivity contribution in [2.75, 3.05) is 18.1 Å². The molecule has 0 spiro atoms. The lowest BCUT2D eigenvalue weighted by Gasteiger charge is -2.38. The topological polar surface area (TPSA) is 97.0 Å². The zero-order valence-electron chi connectivity index (χ0n) is 21.1. The van der Waals surface area contributed by atoms with Crippen molar-refractivity contribution in [3.63, 3.8) is 0 Å². The lowest BCUT2D eigenvalue weighted by molar-refractivity contribution is -0.343. The zero-order chi connectivity index (χ0) is 31.9. The molecule has 18 heteroatoms. The lowest BCUT2D eigenvalue weighted by atomic mass is 9.98. The first-order valence-electron chi connectivity index (χ1n) is 11.9. The zero-order valence-corrected chi connectivity index (χ0v) is 22.6. The molecule has 1 aliphatic heterocycles. The molecule has 0 aromatic heterocycles. The van der Waals surface area contributed by atoms with Gasteiger partial charge in [0.15, 0.2) is 12.7 Å². The Hall–Kier alpha value is -3.79. The van der Waals surface area contributed by atoms with Gasteiger partial charge in [-0.15, -0.1) is 0 Å². The molecule has 3 amide bonds. The van der Waals surface area contributed by atoms with Crippen LogP contribution in [0.3, 0.4) is 0 Å². The number of ether oxygens (including phenoxy) is 2. The number of rotatable bonds is 8. The highest BCUT2D eigenvalue weighted by Crippen LogP contribution is 2.48. The summed E-state index contributed by atoms with van der Waals surface area (Å²) in [6.07, 6.45) is -7.16. The van der Waals surface area contributed by atoms with Crippen molar-refractivity contribution >= 4 is 46.6 Å². The van der Waals surface area contributed by atoms with Gasteiger partial charge in [-0.3, -0.25) is 19.3 Å². The molecule has 1 heterocycles. The monoisotopic (exact) mass is 661 g/mol. The minimum Gasteiger partial charge on any atom is -0.484 e. The molecular formula is C25H17Cl2F8N3O5. The third-order valence-electron chi connectivity index (χ3n) is 6.12. The van der Waals surface area contributed by atoms with E-state index in [9.17, 15) is 49.5 Å². The summed E-state index contributed by atoms with van der Waals surface area (Å²) >= 11 is 11.3. The van der Waals surface area contributed by atoms with Gasteiger partial charge in [-0.2, -0.15) is 30.7 Å². The molecule has 2 aliphatic rings. The van der Waals surface area contributed by atoms with Crippen molar-refractivity contribution in [1.82, 2.24) is 10.6 Å². The fourth-order valence-electron chi connectivity index (χ4n) is 3.90. The molecule has 0 bridgehead atoms. The number of hydrogen-bond acceptors (Lipinski definition) is 5. The van der Waals surface area contributed by atoms with Crippen LogP contribution in [0.1, 0.15) is 6.42 Å². The molecule has 2 N–H and O–H groups in total. The van der Waals surface area contributed by atoms with Crippen LogP contribution in [0.25, 0.3) is 0 Å². The predicted molar refractivity (Wildman–Crippen MR) is 134 cm³/mol. The molecule has 8 nitrogen and oxygen atoms in total. The molecule has 0 radical (unpaired) electrons. The first-order valence-corrected chi connectivity index (χ1v) is 12.7. The van der Waals surface area contributed by atoms with E-state index in [4.69, 9.17) is 32.7 Å². The highest BCUT2D eigenvalue weighted by molar-refractivity contribution is 6.31. The number of carbonyl (C=O) groups excluding carboxylic acids is 3. The molecule has 0 fully saturated rings. The molecule has 2 unspecified atom stereocenters. The Morgan fingerprint density at radius 2 is 1.70 bits per heavy atom. The van der Waals surface area contributed by atoms with Crippen LogP contribution in [-0.2, 0) is 14.4 Å². The second-order valence-electron chi connectivity index (χ2n) is 9.20. The average Bonchev–Trinajstić information content (AvgIpc) is 2.90. The number of fused-ring (bicyclic) bond motifs is 1. The number of carbonyl (C=O) groups is 3. The second-order valence-corrected chi connectivity index (χ2v) is 10.0. The molecule has 43 heavy (non-hydrogen) atoms. The van der Waals surface area contributed by atoms with Crippen molar-refractivity contribution < 1.29 is 59.0 Å². The molecular weight excluding hydrogens is 645 g/mol. The highest BCUT2D eigenvalue weighted by atomic mass is 35.5. The predicted octanol–water partition coefficient (Wildman–Crippen LogP) is 5.03. The SMILES string of the molecule is O=C(COc1ccc(Cl)c(F)c1)NC1=CC(NC(=O)C2CN(C(=O)C(F)(F)C(F)(F)C(F)(F)F)c3cc(Cl)ccc3O2)C1. The molecule has 2 aromatic rings. The average molecular weight is 662 g/mol. The van der Waals surface area contributed by atoms with Crippen molar-refractivity contribution in [1.29, 1.82) is 0 Å². The van der Waals surface area contributed by atoms with Gasteiger partial charge >= 0.3 is 23.9 Å². The largest absolute Gasteiger partial charge is 0.484 e. The molecule has 0 saturated heterocycles. The van der Waals surface area contributed by atoms with Gasteiger partial charge in [-0.1, -0.05) is 23.2 Å². The van der Waals surface area contributed by atoms with E-state index in [1.165, 1.54) is 18.2 Å². The van der Waals surface area contributed by atoms with Gasteiger partial charge in [-0.05, 0) is 36.4 Å². The third kappa shape index (κ3) is 6.59.